The van der Waals surface area contributed by atoms with Crippen molar-refractivity contribution < 1.29 is 4.79 Å². The minimum atomic E-state index is 0.139. The van der Waals surface area contributed by atoms with E-state index in [9.17, 15) is 4.79 Å². The summed E-state index contributed by atoms with van der Waals surface area (Å²) in [6, 6.07) is 7.99. The van der Waals surface area contributed by atoms with Gasteiger partial charge in [-0.15, -0.1) is 0 Å². The molecule has 3 N–H and O–H groups in total. The molecule has 0 spiro atoms. The van der Waals surface area contributed by atoms with Gasteiger partial charge in [-0.2, -0.15) is 0 Å². The summed E-state index contributed by atoms with van der Waals surface area (Å²) < 4.78 is 0. The Bertz CT molecular complexity index is 555. The Labute approximate surface area is 106 Å². The summed E-state index contributed by atoms with van der Waals surface area (Å²) in [6.45, 7) is 1.87. The van der Waals surface area contributed by atoms with Gasteiger partial charge in [-0.05, 0) is 32.0 Å². The van der Waals surface area contributed by atoms with Crippen LogP contribution in [0.3, 0.4) is 0 Å². The lowest BCUT2D eigenvalue weighted by Gasteiger charge is -2.21. The second kappa shape index (κ2) is 4.82. The molecular formula is C14H17N3O. The number of hydrogen-bond acceptors (Lipinski definition) is 2. The highest BCUT2D eigenvalue weighted by molar-refractivity contribution is 6.02. The first-order valence-electron chi connectivity index (χ1n) is 6.42. The predicted molar refractivity (Wildman–Crippen MR) is 72.5 cm³/mol. The van der Waals surface area contributed by atoms with E-state index in [1.807, 2.05) is 30.5 Å². The zero-order valence-corrected chi connectivity index (χ0v) is 10.2. The van der Waals surface area contributed by atoms with E-state index in [2.05, 4.69) is 15.6 Å². The fourth-order valence-electron chi connectivity index (χ4n) is 2.49. The average molecular weight is 243 g/mol. The van der Waals surface area contributed by atoms with Gasteiger partial charge in [0.05, 0.1) is 5.69 Å². The number of carbonyl (C=O) groups excluding carboxylic acids is 1. The lowest BCUT2D eigenvalue weighted by molar-refractivity contribution is -0.120. The van der Waals surface area contributed by atoms with E-state index < -0.39 is 0 Å². The molecule has 1 aromatic heterocycles. The maximum absolute atomic E-state index is 12.2. The van der Waals surface area contributed by atoms with Crippen molar-refractivity contribution in [3.63, 3.8) is 0 Å². The lowest BCUT2D eigenvalue weighted by Crippen LogP contribution is -2.34. The molecule has 4 nitrogen and oxygen atoms in total. The van der Waals surface area contributed by atoms with E-state index in [1.165, 1.54) is 0 Å². The molecule has 3 rings (SSSR count). The van der Waals surface area contributed by atoms with Gasteiger partial charge in [-0.1, -0.05) is 18.2 Å². The number of fused-ring (bicyclic) bond motifs is 1. The Morgan fingerprint density at radius 2 is 2.00 bits per heavy atom. The molecule has 1 aromatic carbocycles. The van der Waals surface area contributed by atoms with Gasteiger partial charge in [0.25, 0.3) is 0 Å². The van der Waals surface area contributed by atoms with E-state index in [1.54, 1.807) is 0 Å². The van der Waals surface area contributed by atoms with Gasteiger partial charge < -0.3 is 15.6 Å². The molecular weight excluding hydrogens is 226 g/mol. The second-order valence-electron chi connectivity index (χ2n) is 4.76. The number of piperidine rings is 1. The normalized spacial score (nSPS) is 16.9. The molecule has 1 aliphatic rings. The Balaban J connectivity index is 1.77. The molecule has 0 radical (unpaired) electrons. The van der Waals surface area contributed by atoms with Crippen LogP contribution in [-0.2, 0) is 4.79 Å². The van der Waals surface area contributed by atoms with Gasteiger partial charge in [0.2, 0.25) is 5.91 Å². The lowest BCUT2D eigenvalue weighted by atomic mass is 9.97. The number of anilines is 1. The molecule has 1 aliphatic heterocycles. The number of rotatable bonds is 2. The molecule has 1 amide bonds. The van der Waals surface area contributed by atoms with Crippen LogP contribution in [0.25, 0.3) is 10.9 Å². The number of amides is 1. The Kier molecular flexibility index (Phi) is 3.02. The summed E-state index contributed by atoms with van der Waals surface area (Å²) in [5.41, 5.74) is 1.94. The van der Waals surface area contributed by atoms with E-state index in [0.29, 0.717) is 0 Å². The van der Waals surface area contributed by atoms with Crippen LogP contribution >= 0.6 is 0 Å². The minimum absolute atomic E-state index is 0.139. The van der Waals surface area contributed by atoms with Crippen molar-refractivity contribution >= 4 is 22.5 Å². The number of aromatic nitrogens is 1. The fourth-order valence-corrected chi connectivity index (χ4v) is 2.49. The molecule has 2 heterocycles. The molecule has 1 fully saturated rings. The number of hydrogen-bond donors (Lipinski definition) is 3. The van der Waals surface area contributed by atoms with E-state index >= 15 is 0 Å². The SMILES string of the molecule is O=C(Nc1c[nH]c2ccccc12)C1CCNCC1. The van der Waals surface area contributed by atoms with Crippen molar-refractivity contribution in [3.05, 3.63) is 30.5 Å². The van der Waals surface area contributed by atoms with Crippen LogP contribution < -0.4 is 10.6 Å². The highest BCUT2D eigenvalue weighted by Gasteiger charge is 2.21. The van der Waals surface area contributed by atoms with Gasteiger partial charge in [-0.25, -0.2) is 0 Å². The number of H-pyrrole nitrogens is 1. The fraction of sp³-hybridized carbons (Fsp3) is 0.357. The standard InChI is InChI=1S/C14H17N3O/c18-14(10-5-7-15-8-6-10)17-13-9-16-12-4-2-1-3-11(12)13/h1-4,9-10,15-16H,5-8H2,(H,17,18). The highest BCUT2D eigenvalue weighted by Crippen LogP contribution is 2.24. The molecule has 18 heavy (non-hydrogen) atoms. The first-order chi connectivity index (χ1) is 8.84. The number of para-hydroxylation sites is 1. The molecule has 0 atom stereocenters. The molecule has 0 unspecified atom stereocenters. The summed E-state index contributed by atoms with van der Waals surface area (Å²) in [7, 11) is 0. The zero-order valence-electron chi connectivity index (χ0n) is 10.2. The first kappa shape index (κ1) is 11.3. The predicted octanol–water partition coefficient (Wildman–Crippen LogP) is 2.11. The quantitative estimate of drug-likeness (QED) is 0.756. The summed E-state index contributed by atoms with van der Waals surface area (Å²) in [5.74, 6) is 0.279. The van der Waals surface area contributed by atoms with Crippen molar-refractivity contribution in [2.24, 2.45) is 5.92 Å². The number of nitrogens with one attached hydrogen (secondary N) is 3. The number of aromatic amines is 1. The monoisotopic (exact) mass is 243 g/mol. The van der Waals surface area contributed by atoms with Crippen LogP contribution in [0.1, 0.15) is 12.8 Å². The molecule has 2 aromatic rings. The smallest absolute Gasteiger partial charge is 0.227 e. The summed E-state index contributed by atoms with van der Waals surface area (Å²) in [6.07, 6.45) is 3.71. The summed E-state index contributed by atoms with van der Waals surface area (Å²) >= 11 is 0. The second-order valence-corrected chi connectivity index (χ2v) is 4.76. The van der Waals surface area contributed by atoms with Gasteiger partial charge >= 0.3 is 0 Å². The highest BCUT2D eigenvalue weighted by atomic mass is 16.1. The third-order valence-corrected chi connectivity index (χ3v) is 3.56. The van der Waals surface area contributed by atoms with Gasteiger partial charge in [-0.3, -0.25) is 4.79 Å². The van der Waals surface area contributed by atoms with E-state index in [-0.39, 0.29) is 11.8 Å². The van der Waals surface area contributed by atoms with Gasteiger partial charge in [0.1, 0.15) is 0 Å². The molecule has 1 saturated heterocycles. The van der Waals surface area contributed by atoms with Crippen LogP contribution in [-0.4, -0.2) is 24.0 Å². The van der Waals surface area contributed by atoms with Crippen LogP contribution in [0.15, 0.2) is 30.5 Å². The van der Waals surface area contributed by atoms with Crippen molar-refractivity contribution in [2.45, 2.75) is 12.8 Å². The zero-order chi connectivity index (χ0) is 12.4. The minimum Gasteiger partial charge on any atom is -0.359 e. The van der Waals surface area contributed by atoms with Crippen LogP contribution in [0.4, 0.5) is 5.69 Å². The molecule has 94 valence electrons. The molecule has 0 saturated carbocycles. The van der Waals surface area contributed by atoms with Crippen molar-refractivity contribution in [1.82, 2.24) is 10.3 Å². The van der Waals surface area contributed by atoms with Crippen molar-refractivity contribution in [2.75, 3.05) is 18.4 Å². The maximum Gasteiger partial charge on any atom is 0.227 e. The maximum atomic E-state index is 12.2. The van der Waals surface area contributed by atoms with Crippen LogP contribution in [0.5, 0.6) is 0 Å². The number of benzene rings is 1. The summed E-state index contributed by atoms with van der Waals surface area (Å²) in [5, 5.41) is 7.38. The average Bonchev–Trinajstić information content (AvgIpc) is 2.83. The van der Waals surface area contributed by atoms with Crippen molar-refractivity contribution in [1.29, 1.82) is 0 Å². The Morgan fingerprint density at radius 3 is 2.83 bits per heavy atom. The molecule has 0 aliphatic carbocycles. The third kappa shape index (κ3) is 2.11. The number of carbonyl (C=O) groups is 1. The Morgan fingerprint density at radius 1 is 1.22 bits per heavy atom. The Hall–Kier alpha value is -1.81. The van der Waals surface area contributed by atoms with Gasteiger partial charge in [0, 0.05) is 23.0 Å². The van der Waals surface area contributed by atoms with Crippen LogP contribution in [0, 0.1) is 5.92 Å². The van der Waals surface area contributed by atoms with Crippen LogP contribution in [0.2, 0.25) is 0 Å². The van der Waals surface area contributed by atoms with E-state index in [4.69, 9.17) is 0 Å². The van der Waals surface area contributed by atoms with Gasteiger partial charge in [0.15, 0.2) is 0 Å². The topological polar surface area (TPSA) is 56.9 Å². The molecule has 4 heteroatoms. The van der Waals surface area contributed by atoms with Crippen molar-refractivity contribution in [3.8, 4) is 0 Å². The largest absolute Gasteiger partial charge is 0.359 e. The first-order valence-corrected chi connectivity index (χ1v) is 6.42. The van der Waals surface area contributed by atoms with E-state index in [0.717, 1.165) is 42.5 Å². The molecule has 0 bridgehead atoms. The summed E-state index contributed by atoms with van der Waals surface area (Å²) in [4.78, 5) is 15.3. The third-order valence-electron chi connectivity index (χ3n) is 3.56.